The van der Waals surface area contributed by atoms with Crippen LogP contribution in [0.3, 0.4) is 0 Å². The van der Waals surface area contributed by atoms with E-state index in [1.807, 2.05) is 32.9 Å². The fraction of sp³-hybridized carbons (Fsp3) is 0.588. The molecule has 0 unspecified atom stereocenters. The van der Waals surface area contributed by atoms with Crippen molar-refractivity contribution >= 4 is 11.8 Å². The molecule has 0 aromatic heterocycles. The zero-order chi connectivity index (χ0) is 16.4. The van der Waals surface area contributed by atoms with Gasteiger partial charge in [-0.05, 0) is 51.3 Å². The molecule has 5 heteroatoms. The standard InChI is InChI=1S/C17H25NO4/c1-16(2,3)22-15(20)18-13-7-6-12(10-14(13)21-4)17(11-19)8-5-9-17/h6-7,10,19H,5,8-9,11H2,1-4H3,(H,18,20). The number of hydrogen-bond donors (Lipinski definition) is 2. The maximum absolute atomic E-state index is 11.9. The lowest BCUT2D eigenvalue weighted by Crippen LogP contribution is -2.37. The molecule has 1 aromatic carbocycles. The first-order valence-corrected chi connectivity index (χ1v) is 7.59. The van der Waals surface area contributed by atoms with Crippen molar-refractivity contribution in [2.45, 2.75) is 51.0 Å². The van der Waals surface area contributed by atoms with Gasteiger partial charge in [-0.1, -0.05) is 12.5 Å². The number of methoxy groups -OCH3 is 1. The van der Waals surface area contributed by atoms with E-state index < -0.39 is 11.7 Å². The Hall–Kier alpha value is -1.75. The van der Waals surface area contributed by atoms with Crippen molar-refractivity contribution in [2.75, 3.05) is 19.0 Å². The van der Waals surface area contributed by atoms with Gasteiger partial charge in [0.05, 0.1) is 19.4 Å². The van der Waals surface area contributed by atoms with Crippen LogP contribution in [0, 0.1) is 0 Å². The van der Waals surface area contributed by atoms with Crippen LogP contribution in [0.5, 0.6) is 5.75 Å². The molecule has 1 amide bonds. The van der Waals surface area contributed by atoms with Crippen LogP contribution < -0.4 is 10.1 Å². The van der Waals surface area contributed by atoms with Gasteiger partial charge in [0.2, 0.25) is 0 Å². The summed E-state index contributed by atoms with van der Waals surface area (Å²) in [5.74, 6) is 0.572. The molecule has 2 N–H and O–H groups in total. The number of nitrogens with one attached hydrogen (secondary N) is 1. The molecule has 0 heterocycles. The number of anilines is 1. The van der Waals surface area contributed by atoms with Gasteiger partial charge < -0.3 is 14.6 Å². The summed E-state index contributed by atoms with van der Waals surface area (Å²) >= 11 is 0. The van der Waals surface area contributed by atoms with Crippen molar-refractivity contribution in [3.05, 3.63) is 23.8 Å². The number of benzene rings is 1. The molecule has 1 aliphatic rings. The van der Waals surface area contributed by atoms with E-state index in [-0.39, 0.29) is 12.0 Å². The largest absolute Gasteiger partial charge is 0.495 e. The van der Waals surface area contributed by atoms with Gasteiger partial charge in [0.15, 0.2) is 0 Å². The van der Waals surface area contributed by atoms with Crippen molar-refractivity contribution in [3.8, 4) is 5.75 Å². The number of hydrogen-bond acceptors (Lipinski definition) is 4. The van der Waals surface area contributed by atoms with E-state index in [0.717, 1.165) is 24.8 Å². The lowest BCUT2D eigenvalue weighted by atomic mass is 9.65. The first-order chi connectivity index (χ1) is 10.3. The Morgan fingerprint density at radius 2 is 2.05 bits per heavy atom. The van der Waals surface area contributed by atoms with E-state index in [1.165, 1.54) is 0 Å². The molecule has 0 saturated heterocycles. The first-order valence-electron chi connectivity index (χ1n) is 7.59. The second-order valence-corrected chi connectivity index (χ2v) is 6.83. The average molecular weight is 307 g/mol. The van der Waals surface area contributed by atoms with E-state index in [9.17, 15) is 9.90 Å². The normalized spacial score (nSPS) is 16.6. The van der Waals surface area contributed by atoms with Gasteiger partial charge >= 0.3 is 6.09 Å². The second kappa shape index (κ2) is 6.16. The third-order valence-electron chi connectivity index (χ3n) is 4.06. The number of aliphatic hydroxyl groups excluding tert-OH is 1. The molecule has 122 valence electrons. The molecule has 5 nitrogen and oxygen atoms in total. The van der Waals surface area contributed by atoms with Crippen molar-refractivity contribution < 1.29 is 19.4 Å². The summed E-state index contributed by atoms with van der Waals surface area (Å²) in [6.07, 6.45) is 2.57. The summed E-state index contributed by atoms with van der Waals surface area (Å²) in [6.45, 7) is 5.58. The van der Waals surface area contributed by atoms with Gasteiger partial charge in [0.25, 0.3) is 0 Å². The third kappa shape index (κ3) is 3.53. The van der Waals surface area contributed by atoms with Crippen LogP contribution >= 0.6 is 0 Å². The molecule has 22 heavy (non-hydrogen) atoms. The number of rotatable bonds is 4. The highest BCUT2D eigenvalue weighted by atomic mass is 16.6. The smallest absolute Gasteiger partial charge is 0.412 e. The SMILES string of the molecule is COc1cc(C2(CO)CCC2)ccc1NC(=O)OC(C)(C)C. The highest BCUT2D eigenvalue weighted by Crippen LogP contribution is 2.45. The molecule has 0 radical (unpaired) electrons. The maximum Gasteiger partial charge on any atom is 0.412 e. The molecule has 0 bridgehead atoms. The van der Waals surface area contributed by atoms with E-state index >= 15 is 0 Å². The van der Waals surface area contributed by atoms with Crippen molar-refractivity contribution in [2.24, 2.45) is 0 Å². The number of ether oxygens (including phenoxy) is 2. The van der Waals surface area contributed by atoms with Gasteiger partial charge in [-0.2, -0.15) is 0 Å². The lowest BCUT2D eigenvalue weighted by Gasteiger charge is -2.41. The van der Waals surface area contributed by atoms with Crippen LogP contribution in [0.2, 0.25) is 0 Å². The minimum absolute atomic E-state index is 0.134. The number of aliphatic hydroxyl groups is 1. The van der Waals surface area contributed by atoms with E-state index in [4.69, 9.17) is 9.47 Å². The zero-order valence-electron chi connectivity index (χ0n) is 13.7. The Morgan fingerprint density at radius 3 is 2.50 bits per heavy atom. The number of amides is 1. The Morgan fingerprint density at radius 1 is 1.36 bits per heavy atom. The molecule has 1 aliphatic carbocycles. The molecule has 0 spiro atoms. The van der Waals surface area contributed by atoms with Crippen molar-refractivity contribution in [1.82, 2.24) is 0 Å². The van der Waals surface area contributed by atoms with Crippen LogP contribution in [0.4, 0.5) is 10.5 Å². The summed E-state index contributed by atoms with van der Waals surface area (Å²) in [5, 5.41) is 12.4. The van der Waals surface area contributed by atoms with Crippen LogP contribution in [-0.4, -0.2) is 30.5 Å². The molecular weight excluding hydrogens is 282 g/mol. The van der Waals surface area contributed by atoms with Gasteiger partial charge in [-0.3, -0.25) is 5.32 Å². The van der Waals surface area contributed by atoms with Gasteiger partial charge in [-0.15, -0.1) is 0 Å². The molecule has 0 aliphatic heterocycles. The predicted octanol–water partition coefficient (Wildman–Crippen LogP) is 3.46. The van der Waals surface area contributed by atoms with Crippen LogP contribution in [0.1, 0.15) is 45.6 Å². The van der Waals surface area contributed by atoms with E-state index in [0.29, 0.717) is 11.4 Å². The van der Waals surface area contributed by atoms with E-state index in [2.05, 4.69) is 5.32 Å². The van der Waals surface area contributed by atoms with Gasteiger partial charge in [0, 0.05) is 5.41 Å². The monoisotopic (exact) mass is 307 g/mol. The van der Waals surface area contributed by atoms with Crippen molar-refractivity contribution in [1.29, 1.82) is 0 Å². The number of carbonyl (C=O) groups excluding carboxylic acids is 1. The minimum Gasteiger partial charge on any atom is -0.495 e. The maximum atomic E-state index is 11.9. The number of carbonyl (C=O) groups is 1. The fourth-order valence-electron chi connectivity index (χ4n) is 2.68. The third-order valence-corrected chi connectivity index (χ3v) is 4.06. The summed E-state index contributed by atoms with van der Waals surface area (Å²) < 4.78 is 10.6. The Kier molecular flexibility index (Phi) is 4.66. The highest BCUT2D eigenvalue weighted by Gasteiger charge is 2.38. The second-order valence-electron chi connectivity index (χ2n) is 6.83. The Labute approximate surface area is 131 Å². The van der Waals surface area contributed by atoms with Crippen LogP contribution in [0.15, 0.2) is 18.2 Å². The first kappa shape index (κ1) is 16.6. The lowest BCUT2D eigenvalue weighted by molar-refractivity contribution is 0.0635. The topological polar surface area (TPSA) is 67.8 Å². The zero-order valence-corrected chi connectivity index (χ0v) is 13.7. The minimum atomic E-state index is -0.551. The van der Waals surface area contributed by atoms with Gasteiger partial charge in [-0.25, -0.2) is 4.79 Å². The van der Waals surface area contributed by atoms with Crippen molar-refractivity contribution in [3.63, 3.8) is 0 Å². The predicted molar refractivity (Wildman–Crippen MR) is 85.5 cm³/mol. The molecule has 1 fully saturated rings. The highest BCUT2D eigenvalue weighted by molar-refractivity contribution is 5.87. The summed E-state index contributed by atoms with van der Waals surface area (Å²) in [7, 11) is 1.56. The molecule has 2 rings (SSSR count). The average Bonchev–Trinajstić information content (AvgIpc) is 2.37. The van der Waals surface area contributed by atoms with Crippen LogP contribution in [-0.2, 0) is 10.2 Å². The Bertz CT molecular complexity index is 539. The fourth-order valence-corrected chi connectivity index (χ4v) is 2.68. The summed E-state index contributed by atoms with van der Waals surface area (Å²) in [4.78, 5) is 11.9. The Balaban J connectivity index is 2.18. The molecule has 1 saturated carbocycles. The molecular formula is C17H25NO4. The molecule has 0 atom stereocenters. The quantitative estimate of drug-likeness (QED) is 0.894. The summed E-state index contributed by atoms with van der Waals surface area (Å²) in [6, 6.07) is 5.63. The van der Waals surface area contributed by atoms with E-state index in [1.54, 1.807) is 13.2 Å². The molecule has 1 aromatic rings. The summed E-state index contributed by atoms with van der Waals surface area (Å²) in [5.41, 5.74) is 0.905. The van der Waals surface area contributed by atoms with Gasteiger partial charge in [0.1, 0.15) is 11.4 Å². The van der Waals surface area contributed by atoms with Crippen LogP contribution in [0.25, 0.3) is 0 Å².